The highest BCUT2D eigenvalue weighted by Crippen LogP contribution is 2.14. The Morgan fingerprint density at radius 1 is 1.14 bits per heavy atom. The van der Waals surface area contributed by atoms with Crippen LogP contribution >= 0.6 is 0 Å². The topological polar surface area (TPSA) is 61.4 Å². The van der Waals surface area contributed by atoms with Crippen LogP contribution in [-0.4, -0.2) is 42.9 Å². The van der Waals surface area contributed by atoms with Crippen molar-refractivity contribution in [2.24, 2.45) is 0 Å². The molecular weight excluding hydrogens is 280 g/mol. The number of carbonyl (C=O) groups is 2. The molecule has 0 aliphatic carbocycles. The lowest BCUT2D eigenvalue weighted by atomic mass is 10.3. The Balaban J connectivity index is 2.46. The molecule has 0 radical (unpaired) electrons. The lowest BCUT2D eigenvalue weighted by Gasteiger charge is -2.17. The van der Waals surface area contributed by atoms with Crippen molar-refractivity contribution in [1.82, 2.24) is 10.2 Å². The number of benzene rings is 1. The summed E-state index contributed by atoms with van der Waals surface area (Å²) in [7, 11) is 0. The molecule has 0 heterocycles. The minimum absolute atomic E-state index is 0.236. The maximum absolute atomic E-state index is 13.3. The van der Waals surface area contributed by atoms with Crippen molar-refractivity contribution in [3.8, 4) is 0 Å². The number of nitrogens with zero attached hydrogens (tertiary/aromatic N) is 1. The number of hydrogen-bond acceptors (Lipinski definition) is 3. The number of carbonyl (C=O) groups excluding carboxylic acids is 2. The van der Waals surface area contributed by atoms with Crippen LogP contribution in [-0.2, 0) is 9.59 Å². The summed E-state index contributed by atoms with van der Waals surface area (Å²) in [4.78, 5) is 25.2. The van der Waals surface area contributed by atoms with E-state index in [4.69, 9.17) is 0 Å². The van der Waals surface area contributed by atoms with Crippen molar-refractivity contribution in [2.45, 2.75) is 13.8 Å². The maximum atomic E-state index is 13.3. The molecule has 2 amide bonds. The summed E-state index contributed by atoms with van der Waals surface area (Å²) in [6.45, 7) is 6.63. The second-order valence-electron chi connectivity index (χ2n) is 4.36. The molecule has 0 unspecified atom stereocenters. The van der Waals surface area contributed by atoms with E-state index in [0.29, 0.717) is 19.2 Å². The van der Waals surface area contributed by atoms with Crippen LogP contribution in [0.25, 0.3) is 0 Å². The predicted molar refractivity (Wildman–Crippen MR) is 75.8 cm³/mol. The van der Waals surface area contributed by atoms with Gasteiger partial charge in [-0.15, -0.1) is 0 Å². The van der Waals surface area contributed by atoms with Crippen molar-refractivity contribution in [3.05, 3.63) is 29.8 Å². The van der Waals surface area contributed by atoms with E-state index in [1.807, 2.05) is 13.8 Å². The molecule has 1 rings (SSSR count). The zero-order chi connectivity index (χ0) is 15.8. The van der Waals surface area contributed by atoms with E-state index in [0.717, 1.165) is 25.2 Å². The predicted octanol–water partition coefficient (Wildman–Crippen LogP) is 1.36. The van der Waals surface area contributed by atoms with Crippen molar-refractivity contribution in [1.29, 1.82) is 0 Å². The summed E-state index contributed by atoms with van der Waals surface area (Å²) < 4.78 is 26.0. The third-order valence-corrected chi connectivity index (χ3v) is 2.99. The quantitative estimate of drug-likeness (QED) is 0.780. The third kappa shape index (κ3) is 5.47. The van der Waals surface area contributed by atoms with E-state index in [1.54, 1.807) is 0 Å². The second-order valence-corrected chi connectivity index (χ2v) is 4.36. The van der Waals surface area contributed by atoms with Crippen LogP contribution < -0.4 is 10.6 Å². The molecule has 1 aromatic rings. The highest BCUT2D eigenvalue weighted by molar-refractivity contribution is 6.39. The molecule has 116 valence electrons. The Morgan fingerprint density at radius 3 is 2.38 bits per heavy atom. The molecule has 0 fully saturated rings. The zero-order valence-corrected chi connectivity index (χ0v) is 12.1. The molecule has 2 N–H and O–H groups in total. The Morgan fingerprint density at radius 2 is 1.81 bits per heavy atom. The zero-order valence-electron chi connectivity index (χ0n) is 12.1. The lowest BCUT2D eigenvalue weighted by Crippen LogP contribution is -2.40. The average molecular weight is 299 g/mol. The summed E-state index contributed by atoms with van der Waals surface area (Å²) in [5.41, 5.74) is -0.236. The minimum atomic E-state index is -0.986. The van der Waals surface area contributed by atoms with Gasteiger partial charge in [0.05, 0.1) is 5.69 Å². The minimum Gasteiger partial charge on any atom is -0.347 e. The van der Waals surface area contributed by atoms with E-state index in [2.05, 4.69) is 15.5 Å². The number of halogens is 2. The highest BCUT2D eigenvalue weighted by atomic mass is 19.1. The van der Waals surface area contributed by atoms with Crippen LogP contribution in [0.4, 0.5) is 14.5 Å². The molecule has 0 spiro atoms. The fourth-order valence-electron chi connectivity index (χ4n) is 1.72. The van der Waals surface area contributed by atoms with Gasteiger partial charge in [-0.3, -0.25) is 9.59 Å². The van der Waals surface area contributed by atoms with Gasteiger partial charge >= 0.3 is 11.8 Å². The van der Waals surface area contributed by atoms with Crippen molar-refractivity contribution in [2.75, 3.05) is 31.5 Å². The first kappa shape index (κ1) is 17.0. The lowest BCUT2D eigenvalue weighted by molar-refractivity contribution is -0.136. The first-order valence-electron chi connectivity index (χ1n) is 6.74. The number of hydrogen-bond donors (Lipinski definition) is 2. The Bertz CT molecular complexity index is 505. The molecule has 0 saturated carbocycles. The van der Waals surface area contributed by atoms with Gasteiger partial charge in [0.25, 0.3) is 0 Å². The number of rotatable bonds is 6. The first-order valence-corrected chi connectivity index (χ1v) is 6.74. The average Bonchev–Trinajstić information content (AvgIpc) is 2.46. The SMILES string of the molecule is CCN(CC)CCNC(=O)C(=O)Nc1ccc(F)cc1F. The van der Waals surface area contributed by atoms with Crippen LogP contribution in [0.2, 0.25) is 0 Å². The van der Waals surface area contributed by atoms with E-state index >= 15 is 0 Å². The van der Waals surface area contributed by atoms with E-state index in [9.17, 15) is 18.4 Å². The molecule has 0 saturated heterocycles. The molecule has 0 aliphatic rings. The standard InChI is InChI=1S/C14H19F2N3O2/c1-3-19(4-2)8-7-17-13(20)14(21)18-12-6-5-10(15)9-11(12)16/h5-6,9H,3-4,7-8H2,1-2H3,(H,17,20)(H,18,21). The fraction of sp³-hybridized carbons (Fsp3) is 0.429. The summed E-state index contributed by atoms with van der Waals surface area (Å²) in [6, 6.07) is 2.69. The second kappa shape index (κ2) is 8.31. The fourth-order valence-corrected chi connectivity index (χ4v) is 1.72. The van der Waals surface area contributed by atoms with E-state index in [-0.39, 0.29) is 5.69 Å². The molecule has 0 atom stereocenters. The van der Waals surface area contributed by atoms with Gasteiger partial charge in [0.2, 0.25) is 0 Å². The van der Waals surface area contributed by atoms with Gasteiger partial charge in [-0.2, -0.15) is 0 Å². The van der Waals surface area contributed by atoms with Gasteiger partial charge < -0.3 is 15.5 Å². The number of amides is 2. The van der Waals surface area contributed by atoms with Crippen molar-refractivity contribution >= 4 is 17.5 Å². The third-order valence-electron chi connectivity index (χ3n) is 2.99. The molecule has 5 nitrogen and oxygen atoms in total. The summed E-state index contributed by atoms with van der Waals surface area (Å²) in [5, 5.41) is 4.54. The van der Waals surface area contributed by atoms with Crippen LogP contribution in [0, 0.1) is 11.6 Å². The maximum Gasteiger partial charge on any atom is 0.313 e. The Kier molecular flexibility index (Phi) is 6.74. The largest absolute Gasteiger partial charge is 0.347 e. The highest BCUT2D eigenvalue weighted by Gasteiger charge is 2.15. The normalized spacial score (nSPS) is 10.5. The van der Waals surface area contributed by atoms with E-state index < -0.39 is 23.4 Å². The molecule has 0 bridgehead atoms. The van der Waals surface area contributed by atoms with Crippen LogP contribution in [0.15, 0.2) is 18.2 Å². The van der Waals surface area contributed by atoms with Crippen LogP contribution in [0.3, 0.4) is 0 Å². The van der Waals surface area contributed by atoms with E-state index in [1.165, 1.54) is 0 Å². The summed E-state index contributed by atoms with van der Waals surface area (Å²) >= 11 is 0. The Hall–Kier alpha value is -2.02. The molecule has 0 aromatic heterocycles. The summed E-state index contributed by atoms with van der Waals surface area (Å²) in [5.74, 6) is -3.53. The molecule has 0 aliphatic heterocycles. The van der Waals surface area contributed by atoms with Gasteiger partial charge in [0, 0.05) is 19.2 Å². The van der Waals surface area contributed by atoms with Crippen LogP contribution in [0.5, 0.6) is 0 Å². The van der Waals surface area contributed by atoms with Gasteiger partial charge in [-0.25, -0.2) is 8.78 Å². The molecule has 7 heteroatoms. The molecule has 1 aromatic carbocycles. The molecule has 21 heavy (non-hydrogen) atoms. The number of anilines is 1. The van der Waals surface area contributed by atoms with Gasteiger partial charge in [-0.05, 0) is 25.2 Å². The van der Waals surface area contributed by atoms with Crippen LogP contribution in [0.1, 0.15) is 13.8 Å². The first-order chi connectivity index (χ1) is 9.97. The molecular formula is C14H19F2N3O2. The van der Waals surface area contributed by atoms with Gasteiger partial charge in [0.1, 0.15) is 11.6 Å². The van der Waals surface area contributed by atoms with Gasteiger partial charge in [-0.1, -0.05) is 13.8 Å². The Labute approximate surface area is 122 Å². The monoisotopic (exact) mass is 299 g/mol. The van der Waals surface area contributed by atoms with Crippen molar-refractivity contribution in [3.63, 3.8) is 0 Å². The van der Waals surface area contributed by atoms with Crippen molar-refractivity contribution < 1.29 is 18.4 Å². The number of nitrogens with one attached hydrogen (secondary N) is 2. The van der Waals surface area contributed by atoms with Gasteiger partial charge in [0.15, 0.2) is 0 Å². The number of likely N-dealkylation sites (N-methyl/N-ethyl adjacent to an activating group) is 1. The smallest absolute Gasteiger partial charge is 0.313 e. The summed E-state index contributed by atoms with van der Waals surface area (Å²) in [6.07, 6.45) is 0.